The molecule has 1 aliphatic rings. The fourth-order valence-corrected chi connectivity index (χ4v) is 2.38. The van der Waals surface area contributed by atoms with Gasteiger partial charge in [0.2, 0.25) is 6.79 Å². The average Bonchev–Trinajstić information content (AvgIpc) is 2.89. The van der Waals surface area contributed by atoms with E-state index in [1.54, 1.807) is 0 Å². The van der Waals surface area contributed by atoms with Crippen LogP contribution in [0.3, 0.4) is 0 Å². The molecular formula is C16H17NO2. The average molecular weight is 255 g/mol. The van der Waals surface area contributed by atoms with Crippen LogP contribution in [-0.4, -0.2) is 13.8 Å². The summed E-state index contributed by atoms with van der Waals surface area (Å²) in [7, 11) is 1.97. The van der Waals surface area contributed by atoms with Gasteiger partial charge in [0.25, 0.3) is 0 Å². The van der Waals surface area contributed by atoms with Crippen LogP contribution in [-0.2, 0) is 0 Å². The Morgan fingerprint density at radius 1 is 0.947 bits per heavy atom. The highest BCUT2D eigenvalue weighted by Gasteiger charge is 2.18. The summed E-state index contributed by atoms with van der Waals surface area (Å²) >= 11 is 0. The van der Waals surface area contributed by atoms with E-state index in [1.807, 2.05) is 19.2 Å². The van der Waals surface area contributed by atoms with E-state index in [2.05, 4.69) is 42.6 Å². The molecule has 3 nitrogen and oxygen atoms in total. The quantitative estimate of drug-likeness (QED) is 0.914. The first-order chi connectivity index (χ1) is 9.28. The first kappa shape index (κ1) is 12.1. The maximum atomic E-state index is 5.44. The number of benzene rings is 2. The fourth-order valence-electron chi connectivity index (χ4n) is 2.38. The highest BCUT2D eigenvalue weighted by molar-refractivity contribution is 5.47. The molecule has 0 aromatic heterocycles. The third-order valence-corrected chi connectivity index (χ3v) is 3.43. The Labute approximate surface area is 113 Å². The summed E-state index contributed by atoms with van der Waals surface area (Å²) in [6, 6.07) is 14.8. The van der Waals surface area contributed by atoms with Crippen LogP contribution in [0, 0.1) is 6.92 Å². The molecule has 1 heterocycles. The van der Waals surface area contributed by atoms with Gasteiger partial charge in [0.1, 0.15) is 0 Å². The van der Waals surface area contributed by atoms with Gasteiger partial charge in [-0.2, -0.15) is 0 Å². The summed E-state index contributed by atoms with van der Waals surface area (Å²) < 4.78 is 10.8. The second kappa shape index (κ2) is 4.94. The summed E-state index contributed by atoms with van der Waals surface area (Å²) in [4.78, 5) is 0. The lowest BCUT2D eigenvalue weighted by Crippen LogP contribution is -2.17. The molecule has 0 saturated carbocycles. The summed E-state index contributed by atoms with van der Waals surface area (Å²) in [6.45, 7) is 2.41. The normalized spacial score (nSPS) is 14.4. The van der Waals surface area contributed by atoms with Gasteiger partial charge in [0, 0.05) is 0 Å². The van der Waals surface area contributed by atoms with Crippen molar-refractivity contribution in [1.82, 2.24) is 5.32 Å². The number of hydrogen-bond acceptors (Lipinski definition) is 3. The Kier molecular flexibility index (Phi) is 3.13. The maximum Gasteiger partial charge on any atom is 0.231 e. The summed E-state index contributed by atoms with van der Waals surface area (Å²) in [5.74, 6) is 1.65. The van der Waals surface area contributed by atoms with Crippen molar-refractivity contribution in [2.24, 2.45) is 0 Å². The standard InChI is InChI=1S/C16H17NO2/c1-11-3-5-12(6-4-11)16(17-2)13-7-8-14-15(9-13)19-10-18-14/h3-9,16-17H,10H2,1-2H3. The van der Waals surface area contributed by atoms with E-state index in [1.165, 1.54) is 16.7 Å². The van der Waals surface area contributed by atoms with Gasteiger partial charge < -0.3 is 14.8 Å². The zero-order valence-electron chi connectivity index (χ0n) is 11.1. The molecule has 1 aliphatic heterocycles. The molecule has 0 radical (unpaired) electrons. The molecule has 1 N–H and O–H groups in total. The Hall–Kier alpha value is -2.00. The Balaban J connectivity index is 1.96. The second-order valence-electron chi connectivity index (χ2n) is 4.75. The highest BCUT2D eigenvalue weighted by Crippen LogP contribution is 2.35. The van der Waals surface area contributed by atoms with Crippen LogP contribution < -0.4 is 14.8 Å². The largest absolute Gasteiger partial charge is 0.454 e. The lowest BCUT2D eigenvalue weighted by Gasteiger charge is -2.17. The Morgan fingerprint density at radius 2 is 1.63 bits per heavy atom. The monoisotopic (exact) mass is 255 g/mol. The zero-order valence-corrected chi connectivity index (χ0v) is 11.1. The molecule has 0 spiro atoms. The Bertz CT molecular complexity index is 578. The van der Waals surface area contributed by atoms with Crippen LogP contribution in [0.2, 0.25) is 0 Å². The molecule has 0 fully saturated rings. The molecule has 3 rings (SSSR count). The van der Waals surface area contributed by atoms with Crippen LogP contribution in [0.5, 0.6) is 11.5 Å². The van der Waals surface area contributed by atoms with Gasteiger partial charge in [0.05, 0.1) is 6.04 Å². The van der Waals surface area contributed by atoms with E-state index in [4.69, 9.17) is 9.47 Å². The maximum absolute atomic E-state index is 5.44. The van der Waals surface area contributed by atoms with Crippen LogP contribution in [0.15, 0.2) is 42.5 Å². The molecule has 1 unspecified atom stereocenters. The molecule has 0 amide bonds. The SMILES string of the molecule is CNC(c1ccc(C)cc1)c1ccc2c(c1)OCO2. The van der Waals surface area contributed by atoms with Crippen molar-refractivity contribution in [3.63, 3.8) is 0 Å². The van der Waals surface area contributed by atoms with E-state index >= 15 is 0 Å². The van der Waals surface area contributed by atoms with Gasteiger partial charge in [-0.25, -0.2) is 0 Å². The number of fused-ring (bicyclic) bond motifs is 1. The van der Waals surface area contributed by atoms with E-state index in [0.29, 0.717) is 6.79 Å². The van der Waals surface area contributed by atoms with Crippen molar-refractivity contribution in [2.75, 3.05) is 13.8 Å². The predicted molar refractivity (Wildman–Crippen MR) is 74.6 cm³/mol. The van der Waals surface area contributed by atoms with E-state index in [9.17, 15) is 0 Å². The third-order valence-electron chi connectivity index (χ3n) is 3.43. The molecule has 3 heteroatoms. The summed E-state index contributed by atoms with van der Waals surface area (Å²) in [6.07, 6.45) is 0. The van der Waals surface area contributed by atoms with Crippen molar-refractivity contribution in [2.45, 2.75) is 13.0 Å². The number of rotatable bonds is 3. The van der Waals surface area contributed by atoms with E-state index in [-0.39, 0.29) is 6.04 Å². The molecule has 98 valence electrons. The minimum absolute atomic E-state index is 0.162. The Morgan fingerprint density at radius 3 is 2.37 bits per heavy atom. The molecule has 0 saturated heterocycles. The number of aryl methyl sites for hydroxylation is 1. The summed E-state index contributed by atoms with van der Waals surface area (Å²) in [5, 5.41) is 3.35. The van der Waals surface area contributed by atoms with Crippen LogP contribution >= 0.6 is 0 Å². The number of nitrogens with one attached hydrogen (secondary N) is 1. The molecule has 0 bridgehead atoms. The van der Waals surface area contributed by atoms with Crippen molar-refractivity contribution >= 4 is 0 Å². The zero-order chi connectivity index (χ0) is 13.2. The smallest absolute Gasteiger partial charge is 0.231 e. The van der Waals surface area contributed by atoms with E-state index in [0.717, 1.165) is 11.5 Å². The van der Waals surface area contributed by atoms with Crippen molar-refractivity contribution in [3.8, 4) is 11.5 Å². The molecular weight excluding hydrogens is 238 g/mol. The predicted octanol–water partition coefficient (Wildman–Crippen LogP) is 3.03. The van der Waals surface area contributed by atoms with Crippen LogP contribution in [0.1, 0.15) is 22.7 Å². The fraction of sp³-hybridized carbons (Fsp3) is 0.250. The lowest BCUT2D eigenvalue weighted by molar-refractivity contribution is 0.174. The third kappa shape index (κ3) is 2.29. The van der Waals surface area contributed by atoms with Gasteiger partial charge in [-0.1, -0.05) is 35.9 Å². The lowest BCUT2D eigenvalue weighted by atomic mass is 9.97. The molecule has 2 aromatic carbocycles. The van der Waals surface area contributed by atoms with Crippen LogP contribution in [0.25, 0.3) is 0 Å². The van der Waals surface area contributed by atoms with Gasteiger partial charge in [-0.15, -0.1) is 0 Å². The van der Waals surface area contributed by atoms with E-state index < -0.39 is 0 Å². The number of hydrogen-bond donors (Lipinski definition) is 1. The summed E-state index contributed by atoms with van der Waals surface area (Å²) in [5.41, 5.74) is 3.69. The van der Waals surface area contributed by atoms with Crippen molar-refractivity contribution < 1.29 is 9.47 Å². The molecule has 0 aliphatic carbocycles. The first-order valence-corrected chi connectivity index (χ1v) is 6.41. The minimum Gasteiger partial charge on any atom is -0.454 e. The van der Waals surface area contributed by atoms with Gasteiger partial charge in [-0.05, 0) is 37.2 Å². The highest BCUT2D eigenvalue weighted by atomic mass is 16.7. The second-order valence-corrected chi connectivity index (χ2v) is 4.75. The van der Waals surface area contributed by atoms with Gasteiger partial charge in [-0.3, -0.25) is 0 Å². The number of ether oxygens (including phenoxy) is 2. The van der Waals surface area contributed by atoms with Crippen molar-refractivity contribution in [3.05, 3.63) is 59.2 Å². The van der Waals surface area contributed by atoms with Crippen molar-refractivity contribution in [1.29, 1.82) is 0 Å². The molecule has 2 aromatic rings. The molecule has 19 heavy (non-hydrogen) atoms. The van der Waals surface area contributed by atoms with Crippen LogP contribution in [0.4, 0.5) is 0 Å². The first-order valence-electron chi connectivity index (χ1n) is 6.41. The minimum atomic E-state index is 0.162. The van der Waals surface area contributed by atoms with Gasteiger partial charge >= 0.3 is 0 Å². The molecule has 1 atom stereocenters. The van der Waals surface area contributed by atoms with Gasteiger partial charge in [0.15, 0.2) is 11.5 Å². The topological polar surface area (TPSA) is 30.5 Å².